The van der Waals surface area contributed by atoms with Gasteiger partial charge in [0, 0.05) is 18.7 Å². The Balaban J connectivity index is 2.35. The summed E-state index contributed by atoms with van der Waals surface area (Å²) in [5.74, 6) is 0.534. The molecule has 1 aliphatic rings. The van der Waals surface area contributed by atoms with E-state index in [1.54, 1.807) is 0 Å². The van der Waals surface area contributed by atoms with Gasteiger partial charge in [0.2, 0.25) is 0 Å². The third-order valence-corrected chi connectivity index (χ3v) is 2.20. The molecule has 0 aromatic rings. The van der Waals surface area contributed by atoms with E-state index in [4.69, 9.17) is 5.11 Å². The predicted octanol–water partition coefficient (Wildman–Crippen LogP) is 0.755. The molecule has 1 rings (SSSR count). The summed E-state index contributed by atoms with van der Waals surface area (Å²) in [6.07, 6.45) is 2.25. The number of aliphatic hydroxyl groups excluding tert-OH is 1. The van der Waals surface area contributed by atoms with Crippen LogP contribution in [0.5, 0.6) is 0 Å². The SMILES string of the molecule is CC1CC(CO)CC(C)N1. The van der Waals surface area contributed by atoms with Crippen LogP contribution in [0.3, 0.4) is 0 Å². The van der Waals surface area contributed by atoms with Crippen LogP contribution in [0.15, 0.2) is 0 Å². The zero-order valence-corrected chi connectivity index (χ0v) is 6.80. The molecule has 1 saturated heterocycles. The molecule has 0 aromatic carbocycles. The van der Waals surface area contributed by atoms with Crippen molar-refractivity contribution in [3.8, 4) is 0 Å². The Morgan fingerprint density at radius 2 is 1.80 bits per heavy atom. The van der Waals surface area contributed by atoms with E-state index in [2.05, 4.69) is 19.2 Å². The molecule has 1 heterocycles. The molecule has 2 nitrogen and oxygen atoms in total. The highest BCUT2D eigenvalue weighted by molar-refractivity contribution is 4.79. The first kappa shape index (κ1) is 8.02. The maximum Gasteiger partial charge on any atom is 0.0460 e. The highest BCUT2D eigenvalue weighted by atomic mass is 16.3. The topological polar surface area (TPSA) is 32.3 Å². The van der Waals surface area contributed by atoms with Crippen molar-refractivity contribution < 1.29 is 5.11 Å². The normalized spacial score (nSPS) is 41.7. The number of hydrogen-bond donors (Lipinski definition) is 2. The molecular weight excluding hydrogens is 126 g/mol. The second kappa shape index (κ2) is 3.35. The maximum atomic E-state index is 8.90. The lowest BCUT2D eigenvalue weighted by atomic mass is 9.90. The fourth-order valence-electron chi connectivity index (χ4n) is 1.87. The summed E-state index contributed by atoms with van der Waals surface area (Å²) in [6.45, 7) is 4.72. The van der Waals surface area contributed by atoms with Gasteiger partial charge in [-0.3, -0.25) is 0 Å². The average molecular weight is 143 g/mol. The molecule has 1 aliphatic heterocycles. The molecule has 0 aliphatic carbocycles. The van der Waals surface area contributed by atoms with Crippen molar-refractivity contribution in [3.05, 3.63) is 0 Å². The summed E-state index contributed by atoms with van der Waals surface area (Å²) in [4.78, 5) is 0. The van der Waals surface area contributed by atoms with Crippen molar-refractivity contribution in [2.75, 3.05) is 6.61 Å². The van der Waals surface area contributed by atoms with Crippen molar-refractivity contribution in [2.24, 2.45) is 5.92 Å². The Kier molecular flexibility index (Phi) is 2.69. The smallest absolute Gasteiger partial charge is 0.0460 e. The van der Waals surface area contributed by atoms with Crippen molar-refractivity contribution in [1.29, 1.82) is 0 Å². The lowest BCUT2D eigenvalue weighted by Gasteiger charge is -2.31. The van der Waals surface area contributed by atoms with Crippen LogP contribution < -0.4 is 5.32 Å². The van der Waals surface area contributed by atoms with Gasteiger partial charge in [0.1, 0.15) is 0 Å². The first-order valence-corrected chi connectivity index (χ1v) is 4.09. The summed E-state index contributed by atoms with van der Waals surface area (Å²) in [6, 6.07) is 1.17. The van der Waals surface area contributed by atoms with Crippen LogP contribution in [0.25, 0.3) is 0 Å². The Labute approximate surface area is 62.6 Å². The third-order valence-electron chi connectivity index (χ3n) is 2.20. The number of aliphatic hydroxyl groups is 1. The molecule has 2 atom stereocenters. The second-order valence-electron chi connectivity index (χ2n) is 3.49. The first-order chi connectivity index (χ1) is 4.72. The van der Waals surface area contributed by atoms with Crippen molar-refractivity contribution >= 4 is 0 Å². The van der Waals surface area contributed by atoms with E-state index in [-0.39, 0.29) is 0 Å². The third kappa shape index (κ3) is 1.96. The molecule has 1 fully saturated rings. The largest absolute Gasteiger partial charge is 0.396 e. The lowest BCUT2D eigenvalue weighted by molar-refractivity contribution is 0.160. The Bertz CT molecular complexity index is 95.4. The molecule has 0 amide bonds. The van der Waals surface area contributed by atoms with Gasteiger partial charge in [0.25, 0.3) is 0 Å². The van der Waals surface area contributed by atoms with Gasteiger partial charge in [-0.05, 0) is 32.6 Å². The Morgan fingerprint density at radius 3 is 2.20 bits per heavy atom. The van der Waals surface area contributed by atoms with Crippen molar-refractivity contribution in [2.45, 2.75) is 38.8 Å². The van der Waals surface area contributed by atoms with Crippen LogP contribution in [-0.4, -0.2) is 23.8 Å². The van der Waals surface area contributed by atoms with E-state index in [1.165, 1.54) is 0 Å². The van der Waals surface area contributed by atoms with Crippen LogP contribution >= 0.6 is 0 Å². The highest BCUT2D eigenvalue weighted by Crippen LogP contribution is 2.18. The zero-order valence-electron chi connectivity index (χ0n) is 6.80. The van der Waals surface area contributed by atoms with Gasteiger partial charge < -0.3 is 10.4 Å². The highest BCUT2D eigenvalue weighted by Gasteiger charge is 2.21. The molecule has 60 valence electrons. The van der Waals surface area contributed by atoms with E-state index >= 15 is 0 Å². The van der Waals surface area contributed by atoms with Gasteiger partial charge >= 0.3 is 0 Å². The van der Waals surface area contributed by atoms with E-state index < -0.39 is 0 Å². The molecular formula is C8H17NO. The quantitative estimate of drug-likeness (QED) is 0.568. The van der Waals surface area contributed by atoms with Gasteiger partial charge in [-0.25, -0.2) is 0 Å². The minimum Gasteiger partial charge on any atom is -0.396 e. The number of nitrogens with one attached hydrogen (secondary N) is 1. The van der Waals surface area contributed by atoms with Gasteiger partial charge in [-0.2, -0.15) is 0 Å². The monoisotopic (exact) mass is 143 g/mol. The van der Waals surface area contributed by atoms with Crippen LogP contribution in [-0.2, 0) is 0 Å². The van der Waals surface area contributed by atoms with Crippen LogP contribution in [0.1, 0.15) is 26.7 Å². The molecule has 0 radical (unpaired) electrons. The lowest BCUT2D eigenvalue weighted by Crippen LogP contribution is -2.43. The fourth-order valence-corrected chi connectivity index (χ4v) is 1.87. The molecule has 0 bridgehead atoms. The van der Waals surface area contributed by atoms with E-state index in [0.29, 0.717) is 24.6 Å². The van der Waals surface area contributed by atoms with Crippen molar-refractivity contribution in [3.63, 3.8) is 0 Å². The van der Waals surface area contributed by atoms with E-state index in [1.807, 2.05) is 0 Å². The van der Waals surface area contributed by atoms with Gasteiger partial charge in [0.15, 0.2) is 0 Å². The molecule has 0 spiro atoms. The van der Waals surface area contributed by atoms with Crippen molar-refractivity contribution in [1.82, 2.24) is 5.32 Å². The number of rotatable bonds is 1. The Hall–Kier alpha value is -0.0800. The summed E-state index contributed by atoms with van der Waals surface area (Å²) in [5, 5.41) is 12.3. The van der Waals surface area contributed by atoms with Gasteiger partial charge in [-0.15, -0.1) is 0 Å². The Morgan fingerprint density at radius 1 is 1.30 bits per heavy atom. The summed E-state index contributed by atoms with van der Waals surface area (Å²) in [5.41, 5.74) is 0. The number of piperidine rings is 1. The molecule has 0 saturated carbocycles. The molecule has 10 heavy (non-hydrogen) atoms. The number of hydrogen-bond acceptors (Lipinski definition) is 2. The van der Waals surface area contributed by atoms with Crippen LogP contribution in [0.4, 0.5) is 0 Å². The average Bonchev–Trinajstić information content (AvgIpc) is 1.85. The fraction of sp³-hybridized carbons (Fsp3) is 1.00. The maximum absolute atomic E-state index is 8.90. The predicted molar refractivity (Wildman–Crippen MR) is 41.9 cm³/mol. The standard InChI is InChI=1S/C8H17NO/c1-6-3-8(5-10)4-7(2)9-6/h6-10H,3-5H2,1-2H3. The van der Waals surface area contributed by atoms with Crippen LogP contribution in [0, 0.1) is 5.92 Å². The molecule has 2 N–H and O–H groups in total. The summed E-state index contributed by atoms with van der Waals surface area (Å²) < 4.78 is 0. The summed E-state index contributed by atoms with van der Waals surface area (Å²) >= 11 is 0. The molecule has 0 aromatic heterocycles. The molecule has 2 heteroatoms. The minimum atomic E-state index is 0.358. The van der Waals surface area contributed by atoms with E-state index in [9.17, 15) is 0 Å². The minimum absolute atomic E-state index is 0.358. The zero-order chi connectivity index (χ0) is 7.56. The summed E-state index contributed by atoms with van der Waals surface area (Å²) in [7, 11) is 0. The first-order valence-electron chi connectivity index (χ1n) is 4.09. The second-order valence-corrected chi connectivity index (χ2v) is 3.49. The van der Waals surface area contributed by atoms with Gasteiger partial charge in [0.05, 0.1) is 0 Å². The van der Waals surface area contributed by atoms with Gasteiger partial charge in [-0.1, -0.05) is 0 Å². The van der Waals surface area contributed by atoms with Crippen LogP contribution in [0.2, 0.25) is 0 Å². The molecule has 2 unspecified atom stereocenters. The van der Waals surface area contributed by atoms with E-state index in [0.717, 1.165) is 12.8 Å².